The van der Waals surface area contributed by atoms with Gasteiger partial charge in [0.15, 0.2) is 5.16 Å². The number of aromatic nitrogens is 2. The minimum atomic E-state index is -0.779. The zero-order valence-electron chi connectivity index (χ0n) is 16.7. The van der Waals surface area contributed by atoms with E-state index in [0.29, 0.717) is 16.5 Å². The summed E-state index contributed by atoms with van der Waals surface area (Å²) in [5.41, 5.74) is 0.618. The van der Waals surface area contributed by atoms with E-state index in [2.05, 4.69) is 10.3 Å². The highest BCUT2D eigenvalue weighted by atomic mass is 32.2. The first-order valence-corrected chi connectivity index (χ1v) is 10.6. The first-order valence-electron chi connectivity index (χ1n) is 9.75. The van der Waals surface area contributed by atoms with E-state index in [0.717, 1.165) is 24.6 Å². The molecule has 4 rings (SSSR count). The van der Waals surface area contributed by atoms with E-state index in [-0.39, 0.29) is 23.7 Å². The zero-order valence-corrected chi connectivity index (χ0v) is 17.5. The molecule has 3 aromatic rings. The fourth-order valence-electron chi connectivity index (χ4n) is 3.09. The molecule has 0 aliphatic heterocycles. The number of para-hydroxylation sites is 1. The van der Waals surface area contributed by atoms with Crippen molar-refractivity contribution in [3.05, 3.63) is 70.3 Å². The number of hydrogen-bond donors (Lipinski definition) is 1. The highest BCUT2D eigenvalue weighted by molar-refractivity contribution is 8.00. The molecule has 7 nitrogen and oxygen atoms in total. The molecule has 0 radical (unpaired) electrons. The molecule has 1 fully saturated rings. The molecule has 31 heavy (non-hydrogen) atoms. The fourth-order valence-corrected chi connectivity index (χ4v) is 4.20. The summed E-state index contributed by atoms with van der Waals surface area (Å²) in [4.78, 5) is 42.6. The molecule has 160 valence electrons. The molecule has 1 saturated carbocycles. The van der Waals surface area contributed by atoms with Crippen molar-refractivity contribution < 1.29 is 18.7 Å². The van der Waals surface area contributed by atoms with E-state index < -0.39 is 22.6 Å². The number of amides is 1. The first kappa shape index (κ1) is 21.0. The van der Waals surface area contributed by atoms with Crippen LogP contribution in [0.25, 0.3) is 10.9 Å². The first-order chi connectivity index (χ1) is 15.0. The van der Waals surface area contributed by atoms with Crippen molar-refractivity contribution in [1.82, 2.24) is 14.9 Å². The Morgan fingerprint density at radius 2 is 1.94 bits per heavy atom. The Kier molecular flexibility index (Phi) is 6.03. The normalized spacial score (nSPS) is 14.3. The Labute approximate surface area is 181 Å². The van der Waals surface area contributed by atoms with Crippen LogP contribution < -0.4 is 10.9 Å². The summed E-state index contributed by atoms with van der Waals surface area (Å²) in [6.07, 6.45) is 1.82. The van der Waals surface area contributed by atoms with Gasteiger partial charge in [-0.2, -0.15) is 0 Å². The quantitative estimate of drug-likeness (QED) is 0.345. The lowest BCUT2D eigenvalue weighted by atomic mass is 10.1. The van der Waals surface area contributed by atoms with Crippen LogP contribution in [0.2, 0.25) is 0 Å². The number of fused-ring (bicyclic) bond motifs is 1. The predicted octanol–water partition coefficient (Wildman–Crippen LogP) is 2.82. The summed E-state index contributed by atoms with van der Waals surface area (Å²) in [7, 11) is 1.24. The summed E-state index contributed by atoms with van der Waals surface area (Å²) in [6.45, 7) is -0.337. The van der Waals surface area contributed by atoms with Crippen molar-refractivity contribution in [2.45, 2.75) is 35.8 Å². The number of ether oxygens (including phenoxy) is 1. The maximum absolute atomic E-state index is 13.5. The van der Waals surface area contributed by atoms with Gasteiger partial charge in [-0.25, -0.2) is 9.37 Å². The van der Waals surface area contributed by atoms with Crippen LogP contribution in [-0.2, 0) is 20.9 Å². The van der Waals surface area contributed by atoms with Gasteiger partial charge in [0.1, 0.15) is 17.6 Å². The maximum Gasteiger partial charge on any atom is 0.325 e. The molecule has 2 aromatic carbocycles. The third kappa shape index (κ3) is 4.77. The Morgan fingerprint density at radius 3 is 2.61 bits per heavy atom. The van der Waals surface area contributed by atoms with E-state index in [1.54, 1.807) is 24.3 Å². The van der Waals surface area contributed by atoms with Gasteiger partial charge in [-0.1, -0.05) is 36.0 Å². The lowest BCUT2D eigenvalue weighted by Gasteiger charge is -2.19. The van der Waals surface area contributed by atoms with E-state index in [4.69, 9.17) is 4.74 Å². The fraction of sp³-hybridized carbons (Fsp3) is 0.273. The summed E-state index contributed by atoms with van der Waals surface area (Å²) in [5, 5.41) is 2.73. The third-order valence-electron chi connectivity index (χ3n) is 4.90. The molecule has 1 atom stereocenters. The van der Waals surface area contributed by atoms with Crippen molar-refractivity contribution in [2.24, 2.45) is 0 Å². The van der Waals surface area contributed by atoms with E-state index in [9.17, 15) is 18.8 Å². The molecule has 1 heterocycles. The van der Waals surface area contributed by atoms with Crippen molar-refractivity contribution in [2.75, 3.05) is 7.11 Å². The Balaban J connectivity index is 1.79. The van der Waals surface area contributed by atoms with E-state index in [1.807, 2.05) is 0 Å². The van der Waals surface area contributed by atoms with Gasteiger partial charge in [0.2, 0.25) is 5.91 Å². The van der Waals surface area contributed by atoms with Crippen LogP contribution in [0.15, 0.2) is 58.5 Å². The second-order valence-corrected chi connectivity index (χ2v) is 8.28. The van der Waals surface area contributed by atoms with E-state index >= 15 is 0 Å². The molecule has 0 unspecified atom stereocenters. The number of nitrogens with one attached hydrogen (secondary N) is 1. The average Bonchev–Trinajstić information content (AvgIpc) is 3.59. The van der Waals surface area contributed by atoms with Crippen LogP contribution in [0.1, 0.15) is 23.7 Å². The Morgan fingerprint density at radius 1 is 1.23 bits per heavy atom. The molecule has 1 aliphatic rings. The molecule has 0 spiro atoms. The summed E-state index contributed by atoms with van der Waals surface area (Å²) in [6, 6.07) is 12.5. The number of esters is 1. The highest BCUT2D eigenvalue weighted by Gasteiger charge is 2.30. The number of rotatable bonds is 7. The van der Waals surface area contributed by atoms with Gasteiger partial charge in [0.25, 0.3) is 5.56 Å². The van der Waals surface area contributed by atoms with Gasteiger partial charge in [-0.3, -0.25) is 19.0 Å². The highest BCUT2D eigenvalue weighted by Crippen LogP contribution is 2.36. The molecule has 1 amide bonds. The minimum Gasteiger partial charge on any atom is -0.468 e. The molecule has 0 bridgehead atoms. The Hall–Kier alpha value is -3.20. The number of benzene rings is 2. The molecule has 0 saturated heterocycles. The van der Waals surface area contributed by atoms with Gasteiger partial charge in [0, 0.05) is 6.04 Å². The number of halogens is 1. The number of hydrogen-bond acceptors (Lipinski definition) is 6. The standard InChI is InChI=1S/C22H20FN3O4S/c1-30-18(27)12-26-21(29)16-4-2-3-5-17(16)25-22(26)31-19(20(28)24-15-10-11-15)13-6-8-14(23)9-7-13/h2-9,15,19H,10-12H2,1H3,(H,24,28)/t19-/m0/s1. The van der Waals surface area contributed by atoms with Gasteiger partial charge < -0.3 is 10.1 Å². The second kappa shape index (κ2) is 8.89. The van der Waals surface area contributed by atoms with Crippen LogP contribution >= 0.6 is 11.8 Å². The van der Waals surface area contributed by atoms with Crippen molar-refractivity contribution >= 4 is 34.5 Å². The molecule has 1 N–H and O–H groups in total. The average molecular weight is 441 g/mol. The van der Waals surface area contributed by atoms with Gasteiger partial charge >= 0.3 is 5.97 Å². The van der Waals surface area contributed by atoms with Gasteiger partial charge in [-0.05, 0) is 42.7 Å². The van der Waals surface area contributed by atoms with Crippen LogP contribution in [0, 0.1) is 5.82 Å². The number of nitrogens with zero attached hydrogens (tertiary/aromatic N) is 2. The topological polar surface area (TPSA) is 90.3 Å². The number of carbonyl (C=O) groups is 2. The number of methoxy groups -OCH3 is 1. The Bertz CT molecular complexity index is 1190. The predicted molar refractivity (Wildman–Crippen MR) is 114 cm³/mol. The van der Waals surface area contributed by atoms with Gasteiger partial charge in [-0.15, -0.1) is 0 Å². The van der Waals surface area contributed by atoms with Crippen molar-refractivity contribution in [3.63, 3.8) is 0 Å². The van der Waals surface area contributed by atoms with Crippen LogP contribution in [0.5, 0.6) is 0 Å². The maximum atomic E-state index is 13.5. The van der Waals surface area contributed by atoms with Crippen molar-refractivity contribution in [3.8, 4) is 0 Å². The van der Waals surface area contributed by atoms with Crippen LogP contribution in [0.4, 0.5) is 4.39 Å². The molecular formula is C22H20FN3O4S. The number of carbonyl (C=O) groups excluding carboxylic acids is 2. The molecular weight excluding hydrogens is 421 g/mol. The smallest absolute Gasteiger partial charge is 0.325 e. The van der Waals surface area contributed by atoms with Gasteiger partial charge in [0.05, 0.1) is 18.0 Å². The van der Waals surface area contributed by atoms with Crippen molar-refractivity contribution in [1.29, 1.82) is 0 Å². The minimum absolute atomic E-state index is 0.123. The zero-order chi connectivity index (χ0) is 22.0. The molecule has 1 aliphatic carbocycles. The molecule has 9 heteroatoms. The summed E-state index contributed by atoms with van der Waals surface area (Å²) >= 11 is 1.04. The molecule has 1 aromatic heterocycles. The van der Waals surface area contributed by atoms with Crippen LogP contribution in [-0.4, -0.2) is 34.6 Å². The monoisotopic (exact) mass is 441 g/mol. The largest absolute Gasteiger partial charge is 0.468 e. The van der Waals surface area contributed by atoms with E-state index in [1.165, 1.54) is 35.9 Å². The second-order valence-electron chi connectivity index (χ2n) is 7.21. The summed E-state index contributed by atoms with van der Waals surface area (Å²) in [5.74, 6) is -1.28. The number of thioether (sulfide) groups is 1. The lowest BCUT2D eigenvalue weighted by molar-refractivity contribution is -0.141. The third-order valence-corrected chi connectivity index (χ3v) is 6.14. The van der Waals surface area contributed by atoms with Crippen LogP contribution in [0.3, 0.4) is 0 Å². The SMILES string of the molecule is COC(=O)Cn1c(S[C@H](C(=O)NC2CC2)c2ccc(F)cc2)nc2ccccc2c1=O. The summed E-state index contributed by atoms with van der Waals surface area (Å²) < 4.78 is 19.4. The lowest BCUT2D eigenvalue weighted by Crippen LogP contribution is -2.31.